The van der Waals surface area contributed by atoms with Crippen LogP contribution in [0.1, 0.15) is 69.9 Å². The molecule has 126 valence electrons. The van der Waals surface area contributed by atoms with Gasteiger partial charge >= 0.3 is 0 Å². The minimum atomic E-state index is -1.04. The summed E-state index contributed by atoms with van der Waals surface area (Å²) < 4.78 is 0. The van der Waals surface area contributed by atoms with E-state index in [1.165, 1.54) is 62.1 Å². The van der Waals surface area contributed by atoms with Crippen molar-refractivity contribution in [3.63, 3.8) is 0 Å². The third-order valence-electron chi connectivity index (χ3n) is 4.99. The number of hydrogen-bond donors (Lipinski definition) is 0. The Bertz CT molecular complexity index is 545. The molecule has 0 N–H and O–H groups in total. The first-order valence-corrected chi connectivity index (χ1v) is 11.6. The Balaban J connectivity index is 2.25. The first kappa shape index (κ1) is 18.3. The van der Waals surface area contributed by atoms with Crippen LogP contribution in [0, 0.1) is 13.8 Å². The van der Waals surface area contributed by atoms with E-state index in [-0.39, 0.29) is 0 Å². The molecule has 0 aromatic heterocycles. The van der Waals surface area contributed by atoms with Crippen molar-refractivity contribution in [2.75, 3.05) is 0 Å². The van der Waals surface area contributed by atoms with Gasteiger partial charge < -0.3 is 0 Å². The smallest absolute Gasteiger partial charge is 0.0811 e. The molecule has 1 atom stereocenters. The molecule has 0 saturated heterocycles. The van der Waals surface area contributed by atoms with Crippen molar-refractivity contribution < 1.29 is 0 Å². The van der Waals surface area contributed by atoms with Gasteiger partial charge in [-0.15, -0.1) is 0 Å². The van der Waals surface area contributed by atoms with Crippen molar-refractivity contribution in [3.8, 4) is 0 Å². The number of aryl methyl sites for hydroxylation is 2. The van der Waals surface area contributed by atoms with E-state index >= 15 is 0 Å². The summed E-state index contributed by atoms with van der Waals surface area (Å²) in [6, 6.07) is 8.71. The van der Waals surface area contributed by atoms with Gasteiger partial charge in [0.05, 0.1) is 0 Å². The standard InChI is InChI=1S/C22H34Si/c1-5-7-9-14-23(21-16-18(3)15-19(4)17-21)22-13-10-12-20(22)11-8-6-2/h12-13,15-17,23H,5-11,14H2,1-4H3. The second-order valence-electron chi connectivity index (χ2n) is 7.20. The fraction of sp³-hybridized carbons (Fsp3) is 0.545. The van der Waals surface area contributed by atoms with Crippen molar-refractivity contribution in [2.45, 2.75) is 78.7 Å². The minimum Gasteiger partial charge on any atom is -0.0811 e. The lowest BCUT2D eigenvalue weighted by atomic mass is 10.1. The molecule has 1 aliphatic carbocycles. The van der Waals surface area contributed by atoms with Gasteiger partial charge in [-0.05, 0) is 33.1 Å². The van der Waals surface area contributed by atoms with Gasteiger partial charge in [-0.2, -0.15) is 0 Å². The Labute approximate surface area is 145 Å². The molecule has 0 fully saturated rings. The monoisotopic (exact) mass is 326 g/mol. The molecule has 0 nitrogen and oxygen atoms in total. The zero-order chi connectivity index (χ0) is 16.7. The highest BCUT2D eigenvalue weighted by atomic mass is 28.3. The van der Waals surface area contributed by atoms with E-state index in [9.17, 15) is 0 Å². The van der Waals surface area contributed by atoms with Gasteiger partial charge in [0.25, 0.3) is 0 Å². The van der Waals surface area contributed by atoms with E-state index < -0.39 is 8.80 Å². The average molecular weight is 327 g/mol. The maximum absolute atomic E-state index is 2.56. The Hall–Kier alpha value is -1.08. The summed E-state index contributed by atoms with van der Waals surface area (Å²) in [7, 11) is -1.04. The molecule has 1 aromatic carbocycles. The highest BCUT2D eigenvalue weighted by Gasteiger charge is 2.23. The third kappa shape index (κ3) is 5.21. The molecule has 0 aliphatic heterocycles. The molecule has 1 unspecified atom stereocenters. The van der Waals surface area contributed by atoms with Crippen LogP contribution in [0.4, 0.5) is 0 Å². The van der Waals surface area contributed by atoms with Crippen molar-refractivity contribution in [3.05, 3.63) is 52.2 Å². The summed E-state index contributed by atoms with van der Waals surface area (Å²) in [5.74, 6) is 0. The van der Waals surface area contributed by atoms with Crippen LogP contribution < -0.4 is 5.19 Å². The Morgan fingerprint density at radius 1 is 0.870 bits per heavy atom. The van der Waals surface area contributed by atoms with Gasteiger partial charge in [0.1, 0.15) is 8.80 Å². The number of rotatable bonds is 9. The summed E-state index contributed by atoms with van der Waals surface area (Å²) in [4.78, 5) is 0. The highest BCUT2D eigenvalue weighted by Crippen LogP contribution is 2.29. The summed E-state index contributed by atoms with van der Waals surface area (Å²) >= 11 is 0. The van der Waals surface area contributed by atoms with Crippen LogP contribution in [0.15, 0.2) is 41.1 Å². The van der Waals surface area contributed by atoms with Gasteiger partial charge in [0.2, 0.25) is 0 Å². The fourth-order valence-electron chi connectivity index (χ4n) is 3.87. The fourth-order valence-corrected chi connectivity index (χ4v) is 7.63. The molecule has 0 saturated carbocycles. The molecular formula is C22H34Si. The lowest BCUT2D eigenvalue weighted by Crippen LogP contribution is -2.33. The number of unbranched alkanes of at least 4 members (excludes halogenated alkanes) is 3. The zero-order valence-electron chi connectivity index (χ0n) is 15.6. The summed E-state index contributed by atoms with van der Waals surface area (Å²) in [5, 5.41) is 3.45. The second-order valence-corrected chi connectivity index (χ2v) is 10.2. The Morgan fingerprint density at radius 3 is 2.22 bits per heavy atom. The quantitative estimate of drug-likeness (QED) is 0.391. The number of benzene rings is 1. The topological polar surface area (TPSA) is 0 Å². The summed E-state index contributed by atoms with van der Waals surface area (Å²) in [5.41, 5.74) is 4.57. The molecule has 1 heteroatoms. The lowest BCUT2D eigenvalue weighted by Gasteiger charge is -2.21. The maximum atomic E-state index is 2.56. The normalized spacial score (nSPS) is 15.5. The van der Waals surface area contributed by atoms with Crippen LogP contribution in [0.3, 0.4) is 0 Å². The van der Waals surface area contributed by atoms with Gasteiger partial charge in [0, 0.05) is 0 Å². The summed E-state index contributed by atoms with van der Waals surface area (Å²) in [6.07, 6.45) is 14.3. The van der Waals surface area contributed by atoms with Crippen LogP contribution in [-0.4, -0.2) is 8.80 Å². The first-order valence-electron chi connectivity index (χ1n) is 9.63. The zero-order valence-corrected chi connectivity index (χ0v) is 16.8. The maximum Gasteiger partial charge on any atom is 0.103 e. The molecule has 23 heavy (non-hydrogen) atoms. The van der Waals surface area contributed by atoms with E-state index in [0.29, 0.717) is 0 Å². The highest BCUT2D eigenvalue weighted by molar-refractivity contribution is 6.80. The molecule has 0 amide bonds. The third-order valence-corrected chi connectivity index (χ3v) is 8.47. The minimum absolute atomic E-state index is 1.04. The van der Waals surface area contributed by atoms with Crippen LogP contribution in [0.25, 0.3) is 0 Å². The van der Waals surface area contributed by atoms with Gasteiger partial charge in [0.15, 0.2) is 0 Å². The number of hydrogen-bond acceptors (Lipinski definition) is 0. The molecule has 0 radical (unpaired) electrons. The van der Waals surface area contributed by atoms with E-state index in [1.807, 2.05) is 0 Å². The van der Waals surface area contributed by atoms with E-state index in [4.69, 9.17) is 0 Å². The molecule has 2 rings (SSSR count). The lowest BCUT2D eigenvalue weighted by molar-refractivity contribution is 0.766. The number of allylic oxidation sites excluding steroid dienone is 4. The SMILES string of the molecule is CCCCC[SiH](C1=CCC=C1CCCC)c1cc(C)cc(C)c1. The van der Waals surface area contributed by atoms with E-state index in [0.717, 1.165) is 0 Å². The van der Waals surface area contributed by atoms with Crippen LogP contribution in [-0.2, 0) is 0 Å². The van der Waals surface area contributed by atoms with Crippen molar-refractivity contribution in [1.29, 1.82) is 0 Å². The van der Waals surface area contributed by atoms with Crippen LogP contribution in [0.2, 0.25) is 6.04 Å². The predicted molar refractivity (Wildman–Crippen MR) is 107 cm³/mol. The van der Waals surface area contributed by atoms with Crippen molar-refractivity contribution in [1.82, 2.24) is 0 Å². The second kappa shape index (κ2) is 9.27. The first-order chi connectivity index (χ1) is 11.2. The Kier molecular flexibility index (Phi) is 7.36. The largest absolute Gasteiger partial charge is 0.103 e. The molecular weight excluding hydrogens is 292 g/mol. The van der Waals surface area contributed by atoms with Crippen LogP contribution >= 0.6 is 0 Å². The van der Waals surface area contributed by atoms with Gasteiger partial charge in [-0.1, -0.05) is 103 Å². The van der Waals surface area contributed by atoms with E-state index in [1.54, 1.807) is 16.0 Å². The summed E-state index contributed by atoms with van der Waals surface area (Å²) in [6.45, 7) is 9.13. The van der Waals surface area contributed by atoms with E-state index in [2.05, 4.69) is 58.0 Å². The van der Waals surface area contributed by atoms with Crippen molar-refractivity contribution >= 4 is 14.0 Å². The van der Waals surface area contributed by atoms with Crippen molar-refractivity contribution in [2.24, 2.45) is 0 Å². The van der Waals surface area contributed by atoms with Crippen LogP contribution in [0.5, 0.6) is 0 Å². The molecule has 0 heterocycles. The van der Waals surface area contributed by atoms with Gasteiger partial charge in [-0.3, -0.25) is 0 Å². The average Bonchev–Trinajstić information content (AvgIpc) is 2.96. The Morgan fingerprint density at radius 2 is 1.57 bits per heavy atom. The van der Waals surface area contributed by atoms with Gasteiger partial charge in [-0.25, -0.2) is 0 Å². The molecule has 0 spiro atoms. The molecule has 1 aliphatic rings. The molecule has 1 aromatic rings. The predicted octanol–water partition coefficient (Wildman–Crippen LogP) is 5.91. The molecule has 0 bridgehead atoms.